The van der Waals surface area contributed by atoms with Crippen LogP contribution in [-0.4, -0.2) is 38.8 Å². The molecule has 4 aromatic rings. The predicted octanol–water partition coefficient (Wildman–Crippen LogP) is 4.68. The molecule has 1 saturated heterocycles. The summed E-state index contributed by atoms with van der Waals surface area (Å²) in [6.45, 7) is 1.15. The van der Waals surface area contributed by atoms with Gasteiger partial charge in [0.1, 0.15) is 11.6 Å². The van der Waals surface area contributed by atoms with Crippen LogP contribution in [0.2, 0.25) is 0 Å². The van der Waals surface area contributed by atoms with Gasteiger partial charge in [0.2, 0.25) is 5.91 Å². The Morgan fingerprint density at radius 3 is 2.76 bits per heavy atom. The number of halogens is 1. The van der Waals surface area contributed by atoms with E-state index in [0.717, 1.165) is 47.4 Å². The standard InChI is InChI=1S/C25H23FN6O/c26-18-5-10-24(29-14-18)30-20-7-9-22(28-15-20)23-4-2-12-32(23)16-25(33)31-19-6-8-21-17(13-19)3-1-11-27-21/h1,3,5-11,13-15,23H,2,4,12,16H2,(H,29,30)(H,31,33)/t23-/m1/s1. The molecule has 33 heavy (non-hydrogen) atoms. The number of anilines is 3. The molecule has 0 aliphatic carbocycles. The van der Waals surface area contributed by atoms with Crippen LogP contribution in [0.1, 0.15) is 24.6 Å². The molecule has 4 heterocycles. The molecule has 166 valence electrons. The van der Waals surface area contributed by atoms with E-state index in [1.54, 1.807) is 18.5 Å². The first-order valence-corrected chi connectivity index (χ1v) is 10.9. The highest BCUT2D eigenvalue weighted by Gasteiger charge is 2.28. The number of nitrogens with one attached hydrogen (secondary N) is 2. The Kier molecular flexibility index (Phi) is 5.91. The average Bonchev–Trinajstić information content (AvgIpc) is 3.29. The minimum absolute atomic E-state index is 0.0502. The van der Waals surface area contributed by atoms with Gasteiger partial charge in [0, 0.05) is 17.3 Å². The molecule has 1 fully saturated rings. The van der Waals surface area contributed by atoms with Crippen LogP contribution in [0, 0.1) is 5.82 Å². The van der Waals surface area contributed by atoms with E-state index in [4.69, 9.17) is 0 Å². The van der Waals surface area contributed by atoms with Gasteiger partial charge in [0.15, 0.2) is 0 Å². The average molecular weight is 442 g/mol. The molecule has 0 spiro atoms. The van der Waals surface area contributed by atoms with Crippen molar-refractivity contribution in [2.75, 3.05) is 23.7 Å². The van der Waals surface area contributed by atoms with Gasteiger partial charge in [-0.1, -0.05) is 6.07 Å². The van der Waals surface area contributed by atoms with Crippen molar-refractivity contribution < 1.29 is 9.18 Å². The minimum atomic E-state index is -0.378. The lowest BCUT2D eigenvalue weighted by molar-refractivity contribution is -0.117. The third-order valence-electron chi connectivity index (χ3n) is 5.72. The predicted molar refractivity (Wildman–Crippen MR) is 126 cm³/mol. The molecule has 0 saturated carbocycles. The van der Waals surface area contributed by atoms with Crippen LogP contribution in [0.5, 0.6) is 0 Å². The summed E-state index contributed by atoms with van der Waals surface area (Å²) in [5.74, 6) is 0.123. The van der Waals surface area contributed by atoms with E-state index in [2.05, 4.69) is 30.5 Å². The molecule has 1 aliphatic rings. The van der Waals surface area contributed by atoms with E-state index in [1.165, 1.54) is 12.3 Å². The van der Waals surface area contributed by atoms with Crippen LogP contribution in [0.4, 0.5) is 21.6 Å². The zero-order valence-corrected chi connectivity index (χ0v) is 17.9. The summed E-state index contributed by atoms with van der Waals surface area (Å²) >= 11 is 0. The molecule has 1 aliphatic heterocycles. The summed E-state index contributed by atoms with van der Waals surface area (Å²) in [5.41, 5.74) is 3.36. The van der Waals surface area contributed by atoms with Gasteiger partial charge in [-0.3, -0.25) is 19.7 Å². The normalized spacial score (nSPS) is 16.1. The second-order valence-corrected chi connectivity index (χ2v) is 8.05. The summed E-state index contributed by atoms with van der Waals surface area (Å²) in [7, 11) is 0. The van der Waals surface area contributed by atoms with Crippen LogP contribution in [0.3, 0.4) is 0 Å². The van der Waals surface area contributed by atoms with E-state index in [1.807, 2.05) is 42.5 Å². The van der Waals surface area contributed by atoms with Gasteiger partial charge in [-0.2, -0.15) is 0 Å². The molecule has 1 amide bonds. The third-order valence-corrected chi connectivity index (χ3v) is 5.72. The Morgan fingerprint density at radius 2 is 1.94 bits per heavy atom. The second-order valence-electron chi connectivity index (χ2n) is 8.05. The molecule has 0 bridgehead atoms. The van der Waals surface area contributed by atoms with Crippen LogP contribution in [0.15, 0.2) is 73.2 Å². The van der Waals surface area contributed by atoms with Crippen molar-refractivity contribution in [2.45, 2.75) is 18.9 Å². The van der Waals surface area contributed by atoms with Gasteiger partial charge in [-0.15, -0.1) is 0 Å². The first kappa shape index (κ1) is 21.0. The lowest BCUT2D eigenvalue weighted by atomic mass is 10.1. The minimum Gasteiger partial charge on any atom is -0.339 e. The number of likely N-dealkylation sites (tertiary alicyclic amines) is 1. The summed E-state index contributed by atoms with van der Waals surface area (Å²) in [5, 5.41) is 7.10. The van der Waals surface area contributed by atoms with Gasteiger partial charge in [0.05, 0.1) is 41.9 Å². The molecule has 1 atom stereocenters. The number of carbonyl (C=O) groups is 1. The van der Waals surface area contributed by atoms with E-state index in [-0.39, 0.29) is 17.8 Å². The van der Waals surface area contributed by atoms with Crippen LogP contribution >= 0.6 is 0 Å². The van der Waals surface area contributed by atoms with Crippen molar-refractivity contribution in [2.24, 2.45) is 0 Å². The summed E-state index contributed by atoms with van der Waals surface area (Å²) < 4.78 is 13.0. The lowest BCUT2D eigenvalue weighted by Crippen LogP contribution is -2.33. The number of aromatic nitrogens is 3. The molecular weight excluding hydrogens is 419 g/mol. The Labute approximate surface area is 190 Å². The van der Waals surface area contributed by atoms with Gasteiger partial charge in [0.25, 0.3) is 0 Å². The zero-order chi connectivity index (χ0) is 22.6. The van der Waals surface area contributed by atoms with E-state index < -0.39 is 0 Å². The fraction of sp³-hybridized carbons (Fsp3) is 0.200. The molecule has 2 N–H and O–H groups in total. The number of hydrogen-bond acceptors (Lipinski definition) is 6. The highest BCUT2D eigenvalue weighted by atomic mass is 19.1. The molecule has 3 aromatic heterocycles. The fourth-order valence-electron chi connectivity index (χ4n) is 4.16. The van der Waals surface area contributed by atoms with Crippen molar-refractivity contribution in [3.63, 3.8) is 0 Å². The summed E-state index contributed by atoms with van der Waals surface area (Å²) in [6, 6.07) is 16.5. The molecule has 5 rings (SSSR count). The second kappa shape index (κ2) is 9.30. The monoisotopic (exact) mass is 442 g/mol. The Balaban J connectivity index is 1.22. The van der Waals surface area contributed by atoms with Crippen LogP contribution in [0.25, 0.3) is 10.9 Å². The molecule has 0 unspecified atom stereocenters. The van der Waals surface area contributed by atoms with Crippen molar-refractivity contribution in [1.82, 2.24) is 19.9 Å². The number of pyridine rings is 3. The molecule has 8 heteroatoms. The van der Waals surface area contributed by atoms with Gasteiger partial charge in [-0.05, 0) is 67.9 Å². The van der Waals surface area contributed by atoms with E-state index >= 15 is 0 Å². The number of nitrogens with zero attached hydrogens (tertiary/aromatic N) is 4. The Hall–Kier alpha value is -3.91. The summed E-state index contributed by atoms with van der Waals surface area (Å²) in [6.07, 6.45) is 6.62. The van der Waals surface area contributed by atoms with Gasteiger partial charge < -0.3 is 10.6 Å². The third kappa shape index (κ3) is 4.96. The van der Waals surface area contributed by atoms with E-state index in [0.29, 0.717) is 12.4 Å². The number of benzene rings is 1. The number of carbonyl (C=O) groups excluding carboxylic acids is 1. The largest absolute Gasteiger partial charge is 0.339 e. The summed E-state index contributed by atoms with van der Waals surface area (Å²) in [4.78, 5) is 27.8. The Morgan fingerprint density at radius 1 is 1.03 bits per heavy atom. The highest BCUT2D eigenvalue weighted by molar-refractivity contribution is 5.94. The number of rotatable bonds is 6. The quantitative estimate of drug-likeness (QED) is 0.451. The molecule has 0 radical (unpaired) electrons. The van der Waals surface area contributed by atoms with Gasteiger partial charge >= 0.3 is 0 Å². The van der Waals surface area contributed by atoms with Gasteiger partial charge in [-0.25, -0.2) is 9.37 Å². The van der Waals surface area contributed by atoms with Crippen LogP contribution < -0.4 is 10.6 Å². The van der Waals surface area contributed by atoms with Crippen molar-refractivity contribution in [1.29, 1.82) is 0 Å². The smallest absolute Gasteiger partial charge is 0.238 e. The fourth-order valence-corrected chi connectivity index (χ4v) is 4.16. The SMILES string of the molecule is O=C(CN1CCC[C@@H]1c1ccc(Nc2ccc(F)cn2)cn1)Nc1ccc2ncccc2c1. The lowest BCUT2D eigenvalue weighted by Gasteiger charge is -2.23. The first-order chi connectivity index (χ1) is 16.1. The maximum Gasteiger partial charge on any atom is 0.238 e. The molecule has 1 aromatic carbocycles. The maximum atomic E-state index is 13.0. The number of amides is 1. The molecule has 7 nitrogen and oxygen atoms in total. The maximum absolute atomic E-state index is 13.0. The van der Waals surface area contributed by atoms with E-state index in [9.17, 15) is 9.18 Å². The highest BCUT2D eigenvalue weighted by Crippen LogP contribution is 2.31. The van der Waals surface area contributed by atoms with Crippen molar-refractivity contribution in [3.05, 3.63) is 84.7 Å². The number of hydrogen-bond donors (Lipinski definition) is 2. The van der Waals surface area contributed by atoms with Crippen molar-refractivity contribution in [3.8, 4) is 0 Å². The topological polar surface area (TPSA) is 83.0 Å². The number of fused-ring (bicyclic) bond motifs is 1. The first-order valence-electron chi connectivity index (χ1n) is 10.9. The molecular formula is C25H23FN6O. The Bertz CT molecular complexity index is 1260. The zero-order valence-electron chi connectivity index (χ0n) is 17.9. The van der Waals surface area contributed by atoms with Crippen molar-refractivity contribution >= 4 is 34.0 Å². The van der Waals surface area contributed by atoms with Crippen LogP contribution in [-0.2, 0) is 4.79 Å².